The van der Waals surface area contributed by atoms with Gasteiger partial charge in [0.1, 0.15) is 17.2 Å². The van der Waals surface area contributed by atoms with Crippen LogP contribution in [0.1, 0.15) is 41.4 Å². The molecule has 1 saturated heterocycles. The quantitative estimate of drug-likeness (QED) is 0.625. The van der Waals surface area contributed by atoms with Gasteiger partial charge in [-0.25, -0.2) is 9.97 Å². The molecule has 166 valence electrons. The molecule has 1 aliphatic heterocycles. The molecule has 3 aromatic rings. The van der Waals surface area contributed by atoms with Crippen molar-refractivity contribution in [2.24, 2.45) is 0 Å². The Hall–Kier alpha value is -2.37. The standard InChI is InChI=1S/C19H19ClF3N5O2S/c1-10(2)11-5-12(19(21,22)23)17-25-15(16(20)28(17)6-11)18(30)26-3-4-27(14(29)7-26)13-8-31-9-24-13/h5-6,8-10,14,29H,3-4,7H2,1-2H3. The van der Waals surface area contributed by atoms with E-state index in [-0.39, 0.29) is 29.9 Å². The molecule has 31 heavy (non-hydrogen) atoms. The average Bonchev–Trinajstić information content (AvgIpc) is 3.34. The van der Waals surface area contributed by atoms with E-state index in [2.05, 4.69) is 9.97 Å². The normalized spacial score (nSPS) is 17.7. The number of carbonyl (C=O) groups excluding carboxylic acids is 1. The Balaban J connectivity index is 1.68. The number of pyridine rings is 1. The third-order valence-corrected chi connectivity index (χ3v) is 6.15. The molecular weight excluding hydrogens is 455 g/mol. The number of carbonyl (C=O) groups is 1. The lowest BCUT2D eigenvalue weighted by Crippen LogP contribution is -2.55. The van der Waals surface area contributed by atoms with E-state index in [1.165, 1.54) is 22.4 Å². The molecule has 12 heteroatoms. The Morgan fingerprint density at radius 3 is 2.68 bits per heavy atom. The monoisotopic (exact) mass is 473 g/mol. The van der Waals surface area contributed by atoms with E-state index >= 15 is 0 Å². The number of fused-ring (bicyclic) bond motifs is 1. The minimum atomic E-state index is -4.66. The number of alkyl halides is 3. The molecule has 1 amide bonds. The Kier molecular flexibility index (Phi) is 5.61. The highest BCUT2D eigenvalue weighted by molar-refractivity contribution is 7.07. The summed E-state index contributed by atoms with van der Waals surface area (Å²) in [4.78, 5) is 24.2. The second-order valence-corrected chi connectivity index (χ2v) is 8.63. The van der Waals surface area contributed by atoms with Gasteiger partial charge in [-0.15, -0.1) is 11.3 Å². The van der Waals surface area contributed by atoms with Crippen LogP contribution in [0.2, 0.25) is 5.15 Å². The number of halogens is 4. The second kappa shape index (κ2) is 7.95. The van der Waals surface area contributed by atoms with Crippen LogP contribution in [0.5, 0.6) is 0 Å². The third kappa shape index (κ3) is 3.97. The van der Waals surface area contributed by atoms with Gasteiger partial charge in [0.15, 0.2) is 11.3 Å². The number of aromatic nitrogens is 3. The molecule has 0 bridgehead atoms. The molecule has 1 fully saturated rings. The van der Waals surface area contributed by atoms with Gasteiger partial charge < -0.3 is 14.9 Å². The van der Waals surface area contributed by atoms with Gasteiger partial charge in [0, 0.05) is 24.7 Å². The number of aliphatic hydroxyl groups excluding tert-OH is 1. The predicted molar refractivity (Wildman–Crippen MR) is 111 cm³/mol. The van der Waals surface area contributed by atoms with E-state index < -0.39 is 29.5 Å². The van der Waals surface area contributed by atoms with Crippen LogP contribution in [0.3, 0.4) is 0 Å². The first-order valence-electron chi connectivity index (χ1n) is 9.48. The maximum Gasteiger partial charge on any atom is 0.419 e. The minimum absolute atomic E-state index is 0.0517. The number of piperazine rings is 1. The minimum Gasteiger partial charge on any atom is -0.372 e. The first-order chi connectivity index (χ1) is 14.6. The number of aliphatic hydroxyl groups is 1. The molecule has 3 aromatic heterocycles. The number of hydrogen-bond donors (Lipinski definition) is 1. The maximum atomic E-state index is 13.7. The summed E-state index contributed by atoms with van der Waals surface area (Å²) in [6, 6.07) is 1.04. The molecule has 1 N–H and O–H groups in total. The zero-order chi connectivity index (χ0) is 22.5. The summed E-state index contributed by atoms with van der Waals surface area (Å²) in [7, 11) is 0. The van der Waals surface area contributed by atoms with Gasteiger partial charge in [-0.2, -0.15) is 13.2 Å². The number of rotatable bonds is 3. The summed E-state index contributed by atoms with van der Waals surface area (Å²) in [5, 5.41) is 12.0. The molecule has 0 spiro atoms. The fourth-order valence-corrected chi connectivity index (χ4v) is 4.31. The van der Waals surface area contributed by atoms with Crippen LogP contribution in [0.15, 0.2) is 23.2 Å². The molecule has 0 saturated carbocycles. The summed E-state index contributed by atoms with van der Waals surface area (Å²) in [5.74, 6) is -0.214. The Bertz CT molecular complexity index is 1120. The molecule has 1 unspecified atom stereocenters. The summed E-state index contributed by atoms with van der Waals surface area (Å²) in [6.45, 7) is 4.03. The van der Waals surface area contributed by atoms with Gasteiger partial charge in [0.2, 0.25) is 0 Å². The smallest absolute Gasteiger partial charge is 0.372 e. The van der Waals surface area contributed by atoms with E-state index in [9.17, 15) is 23.1 Å². The van der Waals surface area contributed by atoms with E-state index in [0.29, 0.717) is 17.9 Å². The molecular formula is C19H19ClF3N5O2S. The van der Waals surface area contributed by atoms with Crippen molar-refractivity contribution in [3.05, 3.63) is 45.1 Å². The highest BCUT2D eigenvalue weighted by atomic mass is 35.5. The third-order valence-electron chi connectivity index (χ3n) is 5.21. The van der Waals surface area contributed by atoms with Gasteiger partial charge in [0.05, 0.1) is 17.6 Å². The fourth-order valence-electron chi connectivity index (χ4n) is 3.51. The zero-order valence-electron chi connectivity index (χ0n) is 16.6. The van der Waals surface area contributed by atoms with Crippen molar-refractivity contribution >= 4 is 40.3 Å². The van der Waals surface area contributed by atoms with Crippen LogP contribution in [-0.2, 0) is 6.18 Å². The summed E-state index contributed by atoms with van der Waals surface area (Å²) in [6.07, 6.45) is -4.19. The topological polar surface area (TPSA) is 74.0 Å². The molecule has 1 aliphatic rings. The summed E-state index contributed by atoms with van der Waals surface area (Å²) in [5.41, 5.74) is 0.410. The summed E-state index contributed by atoms with van der Waals surface area (Å²) < 4.78 is 42.1. The molecule has 0 radical (unpaired) electrons. The number of amides is 1. The van der Waals surface area contributed by atoms with Gasteiger partial charge in [0.25, 0.3) is 5.91 Å². The molecule has 0 aliphatic carbocycles. The van der Waals surface area contributed by atoms with Crippen molar-refractivity contribution in [3.63, 3.8) is 0 Å². The lowest BCUT2D eigenvalue weighted by molar-refractivity contribution is -0.136. The van der Waals surface area contributed by atoms with Gasteiger partial charge in [-0.3, -0.25) is 9.20 Å². The Morgan fingerprint density at radius 1 is 1.35 bits per heavy atom. The molecule has 1 atom stereocenters. The van der Waals surface area contributed by atoms with Crippen LogP contribution in [0.25, 0.3) is 5.65 Å². The lowest BCUT2D eigenvalue weighted by atomic mass is 10.0. The zero-order valence-corrected chi connectivity index (χ0v) is 18.2. The number of β-amino-alcohol motifs (C(OH)–C–C–N with tert-alkyl or cyclic N) is 1. The predicted octanol–water partition coefficient (Wildman–Crippen LogP) is 3.87. The highest BCUT2D eigenvalue weighted by Crippen LogP contribution is 2.36. The largest absolute Gasteiger partial charge is 0.419 e. The van der Waals surface area contributed by atoms with Crippen molar-refractivity contribution in [2.75, 3.05) is 24.5 Å². The number of imidazole rings is 1. The Labute approximate surface area is 184 Å². The van der Waals surface area contributed by atoms with E-state index in [1.807, 2.05) is 0 Å². The second-order valence-electron chi connectivity index (χ2n) is 7.56. The SMILES string of the molecule is CC(C)c1cc(C(F)(F)F)c2nc(C(=O)N3CCN(c4cscn4)C(O)C3)c(Cl)n2c1. The number of thiazole rings is 1. The summed E-state index contributed by atoms with van der Waals surface area (Å²) >= 11 is 7.70. The lowest BCUT2D eigenvalue weighted by Gasteiger charge is -2.38. The van der Waals surface area contributed by atoms with Crippen LogP contribution in [-0.4, -0.2) is 56.1 Å². The van der Waals surface area contributed by atoms with E-state index in [4.69, 9.17) is 11.6 Å². The van der Waals surface area contributed by atoms with Gasteiger partial charge in [-0.1, -0.05) is 25.4 Å². The molecule has 4 rings (SSSR count). The van der Waals surface area contributed by atoms with Crippen molar-refractivity contribution in [1.82, 2.24) is 19.3 Å². The van der Waals surface area contributed by atoms with Crippen LogP contribution in [0.4, 0.5) is 19.0 Å². The van der Waals surface area contributed by atoms with Crippen LogP contribution < -0.4 is 4.90 Å². The number of hydrogen-bond acceptors (Lipinski definition) is 6. The Morgan fingerprint density at radius 2 is 2.10 bits per heavy atom. The van der Waals surface area contributed by atoms with Gasteiger partial charge in [-0.05, 0) is 17.5 Å². The van der Waals surface area contributed by atoms with Crippen molar-refractivity contribution in [1.29, 1.82) is 0 Å². The average molecular weight is 474 g/mol. The number of anilines is 1. The first-order valence-corrected chi connectivity index (χ1v) is 10.8. The first kappa shape index (κ1) is 21.8. The van der Waals surface area contributed by atoms with Crippen LogP contribution >= 0.6 is 22.9 Å². The molecule has 4 heterocycles. The van der Waals surface area contributed by atoms with Crippen LogP contribution in [0, 0.1) is 0 Å². The van der Waals surface area contributed by atoms with E-state index in [1.54, 1.807) is 29.6 Å². The van der Waals surface area contributed by atoms with E-state index in [0.717, 1.165) is 10.5 Å². The molecule has 7 nitrogen and oxygen atoms in total. The van der Waals surface area contributed by atoms with Crippen molar-refractivity contribution in [2.45, 2.75) is 32.2 Å². The fraction of sp³-hybridized carbons (Fsp3) is 0.421. The van der Waals surface area contributed by atoms with Crippen molar-refractivity contribution < 1.29 is 23.1 Å². The maximum absolute atomic E-state index is 13.7. The molecule has 0 aromatic carbocycles. The van der Waals surface area contributed by atoms with Gasteiger partial charge >= 0.3 is 6.18 Å². The number of nitrogens with zero attached hydrogens (tertiary/aromatic N) is 5. The highest BCUT2D eigenvalue weighted by Gasteiger charge is 2.37. The van der Waals surface area contributed by atoms with Crippen molar-refractivity contribution in [3.8, 4) is 0 Å².